The molecule has 0 spiro atoms. The summed E-state index contributed by atoms with van der Waals surface area (Å²) in [7, 11) is 0. The molecule has 0 fully saturated rings. The Labute approximate surface area is 302 Å². The molecule has 0 radical (unpaired) electrons. The largest absolute Gasteiger partial charge is 0.308 e. The number of fused-ring (bicyclic) bond motifs is 6. The van der Waals surface area contributed by atoms with Gasteiger partial charge in [0.05, 0.1) is 17.1 Å². The van der Waals surface area contributed by atoms with E-state index >= 15 is 0 Å². The van der Waals surface area contributed by atoms with Gasteiger partial charge in [-0.1, -0.05) is 158 Å². The Morgan fingerprint density at radius 2 is 0.980 bits per heavy atom. The van der Waals surface area contributed by atoms with Gasteiger partial charge in [0.15, 0.2) is 0 Å². The number of para-hydroxylation sites is 1. The Bertz CT molecular complexity index is 2710. The lowest BCUT2D eigenvalue weighted by molar-refractivity contribution is 1.21. The van der Waals surface area contributed by atoms with Crippen LogP contribution < -0.4 is 4.90 Å². The first kappa shape index (κ1) is 29.7. The fourth-order valence-electron chi connectivity index (χ4n) is 8.09. The van der Waals surface area contributed by atoms with Crippen molar-refractivity contribution < 1.29 is 0 Å². The molecule has 0 unspecified atom stereocenters. The van der Waals surface area contributed by atoms with Gasteiger partial charge in [0, 0.05) is 37.7 Å². The van der Waals surface area contributed by atoms with E-state index in [1.165, 1.54) is 87.2 Å². The summed E-state index contributed by atoms with van der Waals surface area (Å²) in [6.07, 6.45) is 0.861. The Hall–Kier alpha value is -6.22. The highest BCUT2D eigenvalue weighted by Crippen LogP contribution is 2.56. The third-order valence-electron chi connectivity index (χ3n) is 10.3. The van der Waals surface area contributed by atoms with Crippen LogP contribution in [0.1, 0.15) is 11.1 Å². The molecule has 240 valence electrons. The second kappa shape index (κ2) is 12.3. The lowest BCUT2D eigenvalue weighted by Crippen LogP contribution is -2.15. The van der Waals surface area contributed by atoms with Crippen LogP contribution in [-0.2, 0) is 6.42 Å². The molecule has 1 aliphatic carbocycles. The Morgan fingerprint density at radius 3 is 1.75 bits per heavy atom. The van der Waals surface area contributed by atoms with E-state index in [2.05, 4.69) is 193 Å². The lowest BCUT2D eigenvalue weighted by Gasteiger charge is -2.34. The fourth-order valence-corrected chi connectivity index (χ4v) is 9.22. The van der Waals surface area contributed by atoms with Crippen molar-refractivity contribution >= 4 is 48.6 Å². The number of hydrogen-bond acceptors (Lipinski definition) is 2. The molecule has 1 nitrogen and oxygen atoms in total. The van der Waals surface area contributed by atoms with Gasteiger partial charge >= 0.3 is 0 Å². The van der Waals surface area contributed by atoms with Crippen molar-refractivity contribution in [3.8, 4) is 44.5 Å². The first-order chi connectivity index (χ1) is 25.3. The van der Waals surface area contributed by atoms with E-state index in [-0.39, 0.29) is 0 Å². The smallest absolute Gasteiger partial charge is 0.0588 e. The predicted octanol–water partition coefficient (Wildman–Crippen LogP) is 14.1. The maximum absolute atomic E-state index is 2.61. The van der Waals surface area contributed by atoms with Crippen LogP contribution >= 0.6 is 11.3 Å². The van der Waals surface area contributed by atoms with Gasteiger partial charge in [0.1, 0.15) is 0 Å². The number of hydrogen-bond donors (Lipinski definition) is 0. The molecule has 0 saturated heterocycles. The highest BCUT2D eigenvalue weighted by molar-refractivity contribution is 7.26. The van der Waals surface area contributed by atoms with Crippen LogP contribution in [0, 0.1) is 0 Å². The van der Waals surface area contributed by atoms with Gasteiger partial charge in [-0.05, 0) is 74.8 Å². The van der Waals surface area contributed by atoms with Crippen LogP contribution in [0.3, 0.4) is 0 Å². The molecular formula is C49H33NS. The maximum atomic E-state index is 2.61. The van der Waals surface area contributed by atoms with E-state index in [0.717, 1.165) is 12.1 Å². The Morgan fingerprint density at radius 1 is 0.412 bits per heavy atom. The van der Waals surface area contributed by atoms with Crippen molar-refractivity contribution in [2.45, 2.75) is 6.42 Å². The van der Waals surface area contributed by atoms with Crippen LogP contribution in [-0.4, -0.2) is 0 Å². The van der Waals surface area contributed by atoms with Crippen LogP contribution in [0.5, 0.6) is 0 Å². The molecular weight excluding hydrogens is 635 g/mol. The highest BCUT2D eigenvalue weighted by atomic mass is 32.1. The molecule has 1 heterocycles. The fraction of sp³-hybridized carbons (Fsp3) is 0.0204. The molecule has 2 heteroatoms. The Kier molecular flexibility index (Phi) is 7.14. The van der Waals surface area contributed by atoms with Crippen LogP contribution in [0.15, 0.2) is 188 Å². The summed E-state index contributed by atoms with van der Waals surface area (Å²) in [6, 6.07) is 68.9. The van der Waals surface area contributed by atoms with E-state index in [1.54, 1.807) is 0 Å². The third kappa shape index (κ3) is 4.91. The molecule has 1 aromatic heterocycles. The zero-order valence-electron chi connectivity index (χ0n) is 28.0. The molecule has 51 heavy (non-hydrogen) atoms. The number of rotatable bonds is 6. The van der Waals surface area contributed by atoms with E-state index in [1.807, 2.05) is 11.3 Å². The molecule has 0 N–H and O–H groups in total. The molecule has 1 aliphatic rings. The van der Waals surface area contributed by atoms with Gasteiger partial charge in [-0.15, -0.1) is 11.3 Å². The van der Waals surface area contributed by atoms with E-state index < -0.39 is 0 Å². The zero-order chi connectivity index (χ0) is 33.7. The van der Waals surface area contributed by atoms with Gasteiger partial charge in [-0.25, -0.2) is 0 Å². The van der Waals surface area contributed by atoms with Crippen molar-refractivity contribution in [2.75, 3.05) is 4.90 Å². The monoisotopic (exact) mass is 667 g/mol. The van der Waals surface area contributed by atoms with Crippen molar-refractivity contribution in [3.63, 3.8) is 0 Å². The van der Waals surface area contributed by atoms with E-state index in [0.29, 0.717) is 0 Å². The normalized spacial score (nSPS) is 11.8. The SMILES string of the molecule is c1ccc(-c2ccccc2N(c2c3c(cc(-c4ccccc4)c2-c2ccccc2)-c2ccccc2C3)c2cccc3sc4ccccc4c23)cc1. The number of nitrogens with zero attached hydrogens (tertiary/aromatic N) is 1. The quantitative estimate of drug-likeness (QED) is 0.171. The second-order valence-electron chi connectivity index (χ2n) is 13.2. The molecule has 0 bridgehead atoms. The van der Waals surface area contributed by atoms with Crippen molar-refractivity contribution in [3.05, 3.63) is 199 Å². The van der Waals surface area contributed by atoms with Gasteiger partial charge in [0.2, 0.25) is 0 Å². The summed E-state index contributed by atoms with van der Waals surface area (Å²) >= 11 is 1.87. The van der Waals surface area contributed by atoms with Crippen LogP contribution in [0.4, 0.5) is 17.1 Å². The van der Waals surface area contributed by atoms with Crippen LogP contribution in [0.2, 0.25) is 0 Å². The molecule has 0 saturated carbocycles. The predicted molar refractivity (Wildman–Crippen MR) is 219 cm³/mol. The zero-order valence-corrected chi connectivity index (χ0v) is 28.8. The van der Waals surface area contributed by atoms with Gasteiger partial charge < -0.3 is 4.90 Å². The van der Waals surface area contributed by atoms with E-state index in [4.69, 9.17) is 0 Å². The molecule has 0 amide bonds. The van der Waals surface area contributed by atoms with Crippen molar-refractivity contribution in [2.24, 2.45) is 0 Å². The van der Waals surface area contributed by atoms with Crippen LogP contribution in [0.25, 0.3) is 64.7 Å². The third-order valence-corrected chi connectivity index (χ3v) is 11.4. The summed E-state index contributed by atoms with van der Waals surface area (Å²) < 4.78 is 2.59. The summed E-state index contributed by atoms with van der Waals surface area (Å²) in [5.74, 6) is 0. The summed E-state index contributed by atoms with van der Waals surface area (Å²) in [4.78, 5) is 2.61. The van der Waals surface area contributed by atoms with Crippen molar-refractivity contribution in [1.29, 1.82) is 0 Å². The summed E-state index contributed by atoms with van der Waals surface area (Å²) in [5.41, 5.74) is 16.2. The lowest BCUT2D eigenvalue weighted by atomic mass is 9.86. The minimum absolute atomic E-state index is 0.861. The molecule has 10 rings (SSSR count). The minimum atomic E-state index is 0.861. The van der Waals surface area contributed by atoms with Gasteiger partial charge in [-0.2, -0.15) is 0 Å². The van der Waals surface area contributed by atoms with Gasteiger partial charge in [0.25, 0.3) is 0 Å². The molecule has 0 aliphatic heterocycles. The summed E-state index contributed by atoms with van der Waals surface area (Å²) in [5, 5.41) is 2.57. The number of thiophene rings is 1. The second-order valence-corrected chi connectivity index (χ2v) is 14.3. The topological polar surface area (TPSA) is 3.24 Å². The number of anilines is 3. The highest BCUT2D eigenvalue weighted by Gasteiger charge is 2.32. The average molecular weight is 668 g/mol. The number of benzene rings is 8. The average Bonchev–Trinajstić information content (AvgIpc) is 3.78. The molecule has 0 atom stereocenters. The minimum Gasteiger partial charge on any atom is -0.308 e. The first-order valence-corrected chi connectivity index (χ1v) is 18.4. The van der Waals surface area contributed by atoms with Gasteiger partial charge in [-0.3, -0.25) is 0 Å². The van der Waals surface area contributed by atoms with E-state index in [9.17, 15) is 0 Å². The summed E-state index contributed by atoms with van der Waals surface area (Å²) in [6.45, 7) is 0. The standard InChI is InChI=1S/C49H33NS/c1-4-17-33(18-5-1)38-25-12-14-27-43(38)50(44-28-16-30-46-48(44)39-26-13-15-29-45(39)51-46)49-42-31-36-23-10-11-24-37(36)41(42)32-40(34-19-6-2-7-20-34)47(49)35-21-8-3-9-22-35/h1-30,32H,31H2. The maximum Gasteiger partial charge on any atom is 0.0588 e. The van der Waals surface area contributed by atoms with Crippen molar-refractivity contribution in [1.82, 2.24) is 0 Å². The Balaban J connectivity index is 1.41. The first-order valence-electron chi connectivity index (χ1n) is 17.6. The molecule has 9 aromatic rings. The molecule has 8 aromatic carbocycles.